The van der Waals surface area contributed by atoms with Crippen molar-refractivity contribution in [1.29, 1.82) is 5.41 Å². The first-order chi connectivity index (χ1) is 18.8. The molecule has 0 unspecified atom stereocenters. The fraction of sp³-hybridized carbons (Fsp3) is 0.143. The van der Waals surface area contributed by atoms with E-state index in [4.69, 9.17) is 42.8 Å². The van der Waals surface area contributed by atoms with E-state index in [-0.39, 0.29) is 40.4 Å². The van der Waals surface area contributed by atoms with Gasteiger partial charge in [-0.25, -0.2) is 0 Å². The molecule has 3 aromatic rings. The summed E-state index contributed by atoms with van der Waals surface area (Å²) < 4.78 is 16.7. The molecule has 5 rings (SSSR count). The zero-order chi connectivity index (χ0) is 27.5. The fourth-order valence-corrected chi connectivity index (χ4v) is 5.32. The van der Waals surface area contributed by atoms with Crippen molar-refractivity contribution >= 4 is 63.0 Å². The molecular weight excluding hydrogens is 559 g/mol. The third kappa shape index (κ3) is 5.80. The van der Waals surface area contributed by atoms with E-state index in [2.05, 4.69) is 10.1 Å². The van der Waals surface area contributed by atoms with Crippen molar-refractivity contribution in [2.45, 2.75) is 6.92 Å². The zero-order valence-electron chi connectivity index (χ0n) is 20.9. The molecule has 0 fully saturated rings. The highest BCUT2D eigenvalue weighted by Crippen LogP contribution is 2.36. The van der Waals surface area contributed by atoms with Gasteiger partial charge in [0.1, 0.15) is 18.3 Å². The molecule has 1 N–H and O–H groups in total. The predicted molar refractivity (Wildman–Crippen MR) is 156 cm³/mol. The summed E-state index contributed by atoms with van der Waals surface area (Å²) in [6.07, 6.45) is 1.52. The SMILES string of the molecule is COc1ccccc1OCCOc1c(Cl)cc(/C=C2\C(=N)N3N=C(c4ccc(C)cc4)SC3=NC2=O)cc1Cl. The number of aryl methyl sites for hydroxylation is 1. The van der Waals surface area contributed by atoms with Crippen molar-refractivity contribution in [3.63, 3.8) is 0 Å². The molecule has 2 aliphatic heterocycles. The first kappa shape index (κ1) is 26.8. The fourth-order valence-electron chi connectivity index (χ4n) is 3.81. The Hall–Kier alpha value is -3.79. The van der Waals surface area contributed by atoms with Gasteiger partial charge in [-0.3, -0.25) is 10.2 Å². The third-order valence-corrected chi connectivity index (χ3v) is 7.26. The van der Waals surface area contributed by atoms with Crippen LogP contribution in [-0.2, 0) is 4.79 Å². The summed E-state index contributed by atoms with van der Waals surface area (Å²) in [5, 5.41) is 16.0. The predicted octanol–water partition coefficient (Wildman–Crippen LogP) is 6.44. The summed E-state index contributed by atoms with van der Waals surface area (Å²) in [6, 6.07) is 18.4. The monoisotopic (exact) mass is 580 g/mol. The Kier molecular flexibility index (Phi) is 7.92. The number of nitrogens with zero attached hydrogens (tertiary/aromatic N) is 3. The molecule has 0 saturated heterocycles. The van der Waals surface area contributed by atoms with Crippen LogP contribution in [0.2, 0.25) is 10.0 Å². The van der Waals surface area contributed by atoms with Gasteiger partial charge in [-0.1, -0.05) is 65.2 Å². The average molecular weight is 581 g/mol. The zero-order valence-corrected chi connectivity index (χ0v) is 23.2. The Morgan fingerprint density at radius 1 is 1.00 bits per heavy atom. The smallest absolute Gasteiger partial charge is 0.283 e. The minimum atomic E-state index is -0.542. The normalized spacial score (nSPS) is 15.7. The molecule has 0 saturated carbocycles. The number of fused-ring (bicyclic) bond motifs is 1. The van der Waals surface area contributed by atoms with Crippen LogP contribution in [0.15, 0.2) is 76.3 Å². The number of hydrogen-bond acceptors (Lipinski definition) is 7. The second-order valence-corrected chi connectivity index (χ2v) is 10.2. The quantitative estimate of drug-likeness (QED) is 0.243. The number of methoxy groups -OCH3 is 1. The lowest BCUT2D eigenvalue weighted by Gasteiger charge is -2.20. The van der Waals surface area contributed by atoms with Crippen LogP contribution in [0.5, 0.6) is 17.2 Å². The maximum atomic E-state index is 12.8. The van der Waals surface area contributed by atoms with Crippen LogP contribution < -0.4 is 14.2 Å². The van der Waals surface area contributed by atoms with Crippen molar-refractivity contribution in [2.75, 3.05) is 20.3 Å². The van der Waals surface area contributed by atoms with Gasteiger partial charge >= 0.3 is 0 Å². The number of halogens is 2. The summed E-state index contributed by atoms with van der Waals surface area (Å²) in [7, 11) is 1.57. The molecule has 0 aromatic heterocycles. The number of para-hydroxylation sites is 2. The largest absolute Gasteiger partial charge is 0.493 e. The number of benzene rings is 3. The number of carbonyl (C=O) groups excluding carboxylic acids is 1. The van der Waals surface area contributed by atoms with Crippen LogP contribution in [0, 0.1) is 12.3 Å². The lowest BCUT2D eigenvalue weighted by atomic mass is 10.1. The second kappa shape index (κ2) is 11.5. The molecule has 0 radical (unpaired) electrons. The molecule has 2 aliphatic rings. The lowest BCUT2D eigenvalue weighted by Crippen LogP contribution is -2.35. The number of amidine groups is 2. The molecule has 3 aromatic carbocycles. The molecule has 198 valence electrons. The van der Waals surface area contributed by atoms with E-state index >= 15 is 0 Å². The molecule has 11 heteroatoms. The number of rotatable bonds is 8. The van der Waals surface area contributed by atoms with Crippen LogP contribution in [0.25, 0.3) is 6.08 Å². The molecule has 1 amide bonds. The van der Waals surface area contributed by atoms with E-state index in [1.165, 1.54) is 22.8 Å². The van der Waals surface area contributed by atoms with Crippen molar-refractivity contribution in [3.8, 4) is 17.2 Å². The van der Waals surface area contributed by atoms with Crippen LogP contribution >= 0.6 is 35.0 Å². The standard InChI is InChI=1S/C28H22Cl2N4O4S/c1-16-7-9-18(10-8-16)27-33-34-25(31)19(26(35)32-28(34)39-27)13-17-14-20(29)24(21(30)15-17)38-12-11-37-23-6-4-3-5-22(23)36-2/h3-10,13-15,31H,11-12H2,1-2H3/b19-13+,31-25?. The van der Waals surface area contributed by atoms with Crippen LogP contribution in [0.4, 0.5) is 0 Å². The topological polar surface area (TPSA) is 96.6 Å². The summed E-state index contributed by atoms with van der Waals surface area (Å²) in [4.78, 5) is 17.0. The number of hydrazone groups is 1. The maximum Gasteiger partial charge on any atom is 0.283 e. The number of thioether (sulfide) groups is 1. The second-order valence-electron chi connectivity index (χ2n) is 8.45. The Labute approximate surface area is 239 Å². The molecular formula is C28H22Cl2N4O4S. The number of nitrogens with one attached hydrogen (secondary N) is 1. The van der Waals surface area contributed by atoms with Gasteiger partial charge in [0.15, 0.2) is 23.1 Å². The van der Waals surface area contributed by atoms with Crippen LogP contribution in [0.3, 0.4) is 0 Å². The molecule has 0 atom stereocenters. The number of aliphatic imine (C=N–C) groups is 1. The molecule has 39 heavy (non-hydrogen) atoms. The summed E-state index contributed by atoms with van der Waals surface area (Å²) in [6.45, 7) is 2.43. The van der Waals surface area contributed by atoms with Gasteiger partial charge in [0.25, 0.3) is 5.91 Å². The number of hydrogen-bond donors (Lipinski definition) is 1. The first-order valence-corrected chi connectivity index (χ1v) is 13.4. The van der Waals surface area contributed by atoms with Gasteiger partial charge in [-0.05, 0) is 54.6 Å². The molecule has 2 heterocycles. The van der Waals surface area contributed by atoms with Crippen molar-refractivity contribution < 1.29 is 19.0 Å². The summed E-state index contributed by atoms with van der Waals surface area (Å²) in [5.41, 5.74) is 2.60. The summed E-state index contributed by atoms with van der Waals surface area (Å²) >= 11 is 14.2. The summed E-state index contributed by atoms with van der Waals surface area (Å²) in [5.74, 6) is 0.883. The molecule has 0 bridgehead atoms. The molecule has 0 spiro atoms. The van der Waals surface area contributed by atoms with Crippen molar-refractivity contribution in [3.05, 3.63) is 93.0 Å². The van der Waals surface area contributed by atoms with Gasteiger partial charge in [0, 0.05) is 5.56 Å². The van der Waals surface area contributed by atoms with Gasteiger partial charge in [0.2, 0.25) is 5.17 Å². The Morgan fingerprint density at radius 2 is 1.67 bits per heavy atom. The minimum Gasteiger partial charge on any atom is -0.493 e. The van der Waals surface area contributed by atoms with Gasteiger partial charge in [-0.15, -0.1) is 0 Å². The van der Waals surface area contributed by atoms with Gasteiger partial charge in [0.05, 0.1) is 22.7 Å². The lowest BCUT2D eigenvalue weighted by molar-refractivity contribution is -0.114. The molecule has 8 nitrogen and oxygen atoms in total. The minimum absolute atomic E-state index is 0.0688. The Balaban J connectivity index is 1.29. The Bertz CT molecular complexity index is 1530. The number of carbonyl (C=O) groups is 1. The van der Waals surface area contributed by atoms with E-state index < -0.39 is 5.91 Å². The van der Waals surface area contributed by atoms with E-state index in [1.807, 2.05) is 43.3 Å². The Morgan fingerprint density at radius 3 is 2.36 bits per heavy atom. The highest BCUT2D eigenvalue weighted by Gasteiger charge is 2.36. The van der Waals surface area contributed by atoms with Crippen LogP contribution in [-0.4, -0.2) is 47.3 Å². The maximum absolute atomic E-state index is 12.8. The molecule has 0 aliphatic carbocycles. The highest BCUT2D eigenvalue weighted by atomic mass is 35.5. The van der Waals surface area contributed by atoms with E-state index in [0.717, 1.165) is 11.1 Å². The van der Waals surface area contributed by atoms with Gasteiger partial charge < -0.3 is 14.2 Å². The van der Waals surface area contributed by atoms with E-state index in [9.17, 15) is 4.79 Å². The first-order valence-electron chi connectivity index (χ1n) is 11.8. The van der Waals surface area contributed by atoms with Crippen molar-refractivity contribution in [1.82, 2.24) is 5.01 Å². The van der Waals surface area contributed by atoms with Crippen molar-refractivity contribution in [2.24, 2.45) is 10.1 Å². The third-order valence-electron chi connectivity index (χ3n) is 5.74. The number of ether oxygens (including phenoxy) is 3. The van der Waals surface area contributed by atoms with Gasteiger partial charge in [-0.2, -0.15) is 15.1 Å². The number of amides is 1. The highest BCUT2D eigenvalue weighted by molar-refractivity contribution is 8.27. The van der Waals surface area contributed by atoms with E-state index in [0.29, 0.717) is 27.3 Å². The van der Waals surface area contributed by atoms with Crippen LogP contribution in [0.1, 0.15) is 16.7 Å². The van der Waals surface area contributed by atoms with E-state index in [1.54, 1.807) is 31.4 Å². The average Bonchev–Trinajstić information content (AvgIpc) is 3.35.